The molecule has 0 saturated carbocycles. The summed E-state index contributed by atoms with van der Waals surface area (Å²) in [5, 5.41) is 28.1. The van der Waals surface area contributed by atoms with Gasteiger partial charge in [0, 0.05) is 46.6 Å². The van der Waals surface area contributed by atoms with Crippen LogP contribution in [0.25, 0.3) is 22.7 Å². The lowest BCUT2D eigenvalue weighted by Crippen LogP contribution is -2.39. The molecular formula is C40H45N3O4. The lowest BCUT2D eigenvalue weighted by atomic mass is 9.83. The quantitative estimate of drug-likeness (QED) is 0.170. The average molecular weight is 632 g/mol. The summed E-state index contributed by atoms with van der Waals surface area (Å²) in [5.74, 6) is 1.42. The first kappa shape index (κ1) is 31.3. The zero-order valence-electron chi connectivity index (χ0n) is 27.1. The number of nitrogens with two attached hydrogens (primary N) is 1. The van der Waals surface area contributed by atoms with Crippen LogP contribution in [0.15, 0.2) is 90.8 Å². The molecule has 0 radical (unpaired) electrons. The van der Waals surface area contributed by atoms with E-state index in [0.717, 1.165) is 71.0 Å². The predicted molar refractivity (Wildman–Crippen MR) is 188 cm³/mol. The van der Waals surface area contributed by atoms with Gasteiger partial charge >= 0.3 is 0 Å². The van der Waals surface area contributed by atoms with Crippen LogP contribution in [0.1, 0.15) is 66.8 Å². The molecule has 5 N–H and O–H groups in total. The molecule has 244 valence electrons. The minimum absolute atomic E-state index is 0.0503. The Balaban J connectivity index is 1.33. The molecule has 4 aliphatic rings. The molecule has 4 atom stereocenters. The van der Waals surface area contributed by atoms with Gasteiger partial charge < -0.3 is 35.3 Å². The van der Waals surface area contributed by atoms with Gasteiger partial charge in [-0.2, -0.15) is 0 Å². The van der Waals surface area contributed by atoms with Gasteiger partial charge in [0.1, 0.15) is 12.4 Å². The highest BCUT2D eigenvalue weighted by Crippen LogP contribution is 2.40. The van der Waals surface area contributed by atoms with Gasteiger partial charge in [0.25, 0.3) is 0 Å². The summed E-state index contributed by atoms with van der Waals surface area (Å²) in [6, 6.07) is 18.6. The van der Waals surface area contributed by atoms with Crippen LogP contribution in [-0.4, -0.2) is 39.8 Å². The predicted octanol–water partition coefficient (Wildman–Crippen LogP) is 7.05. The minimum Gasteiger partial charge on any atom is -0.504 e. The summed E-state index contributed by atoms with van der Waals surface area (Å²) in [6.07, 6.45) is 17.6. The third-order valence-electron chi connectivity index (χ3n) is 9.73. The first-order valence-corrected chi connectivity index (χ1v) is 17.0. The fourth-order valence-electron chi connectivity index (χ4n) is 7.17. The van der Waals surface area contributed by atoms with Crippen molar-refractivity contribution in [3.8, 4) is 11.5 Å². The molecule has 4 unspecified atom stereocenters. The molecular weight excluding hydrogens is 586 g/mol. The lowest BCUT2D eigenvalue weighted by Gasteiger charge is -2.29. The molecule has 47 heavy (non-hydrogen) atoms. The number of unbranched alkanes of at least 4 members (excludes halogenated alkanes) is 2. The zero-order valence-corrected chi connectivity index (χ0v) is 27.1. The van der Waals surface area contributed by atoms with Crippen LogP contribution in [0.5, 0.6) is 11.5 Å². The molecule has 8 rings (SSSR count). The van der Waals surface area contributed by atoms with Crippen molar-refractivity contribution < 1.29 is 19.7 Å². The average Bonchev–Trinajstić information content (AvgIpc) is 3.51. The Hall–Kier alpha value is -4.30. The number of hydrogen-bond acceptors (Lipinski definition) is 6. The summed E-state index contributed by atoms with van der Waals surface area (Å²) in [7, 11) is 0. The minimum atomic E-state index is -0.558. The molecule has 6 bridgehead atoms. The number of fused-ring (bicyclic) bond motifs is 5. The number of phenols is 1. The Morgan fingerprint density at radius 3 is 2.68 bits per heavy atom. The third-order valence-corrected chi connectivity index (χ3v) is 9.73. The summed E-state index contributed by atoms with van der Waals surface area (Å²) in [4.78, 5) is 0. The Morgan fingerprint density at radius 1 is 0.957 bits per heavy atom. The molecule has 7 nitrogen and oxygen atoms in total. The Morgan fingerprint density at radius 2 is 1.83 bits per heavy atom. The molecule has 0 spiro atoms. The van der Waals surface area contributed by atoms with E-state index in [0.29, 0.717) is 25.2 Å². The fourth-order valence-corrected chi connectivity index (χ4v) is 7.17. The molecule has 3 aromatic carbocycles. The van der Waals surface area contributed by atoms with Crippen molar-refractivity contribution in [3.05, 3.63) is 119 Å². The van der Waals surface area contributed by atoms with Crippen molar-refractivity contribution in [2.24, 2.45) is 11.7 Å². The summed E-state index contributed by atoms with van der Waals surface area (Å²) in [5.41, 5.74) is 12.8. The molecule has 0 amide bonds. The summed E-state index contributed by atoms with van der Waals surface area (Å²) < 4.78 is 15.2. The topological polar surface area (TPSA) is 102 Å². The van der Waals surface area contributed by atoms with Crippen LogP contribution in [0.4, 0.5) is 0 Å². The highest BCUT2D eigenvalue weighted by Gasteiger charge is 2.28. The van der Waals surface area contributed by atoms with Crippen molar-refractivity contribution in [1.29, 1.82) is 0 Å². The number of aliphatic hydroxyl groups is 1. The maximum absolute atomic E-state index is 11.5. The number of aromatic nitrogens is 1. The van der Waals surface area contributed by atoms with E-state index in [-0.39, 0.29) is 30.5 Å². The highest BCUT2D eigenvalue weighted by atomic mass is 16.5. The third kappa shape index (κ3) is 6.89. The first-order chi connectivity index (χ1) is 22.9. The van der Waals surface area contributed by atoms with E-state index in [9.17, 15) is 10.2 Å². The van der Waals surface area contributed by atoms with E-state index < -0.39 is 6.10 Å². The van der Waals surface area contributed by atoms with E-state index in [1.165, 1.54) is 11.1 Å². The standard InChI is InChI=1S/C40H45N3O4/c1-2-3-5-10-33-21-37(45)29-11-14-34-28(20-29)12-15-36(44)39(34)47-25-32-19-27(17-26-8-6-4-7-9-26)18-31-22-43(23-35(31)32)40-30(24-46-33)13-16-38(41)42-40/h4,6-9,11-16,18-19,22-23,29,33,37-38,42,44-45H,2-3,5,10,17,20-21,24-25,41H2,1H3. The van der Waals surface area contributed by atoms with Gasteiger partial charge in [0.15, 0.2) is 11.5 Å². The number of aliphatic hydroxyl groups excluding tert-OH is 1. The van der Waals surface area contributed by atoms with Crippen molar-refractivity contribution >= 4 is 22.7 Å². The monoisotopic (exact) mass is 631 g/mol. The van der Waals surface area contributed by atoms with Crippen molar-refractivity contribution in [2.45, 2.75) is 76.9 Å². The molecule has 4 aromatic rings. The fraction of sp³-hybridized carbons (Fsp3) is 0.350. The first-order valence-electron chi connectivity index (χ1n) is 17.0. The molecule has 7 heteroatoms. The lowest BCUT2D eigenvalue weighted by molar-refractivity contribution is 0.00726. The molecule has 0 saturated heterocycles. The van der Waals surface area contributed by atoms with Crippen molar-refractivity contribution in [2.75, 3.05) is 6.61 Å². The number of nitrogens with one attached hydrogen (secondary N) is 1. The Labute approximate surface area is 277 Å². The smallest absolute Gasteiger partial charge is 0.168 e. The number of dihydropyridines is 1. The second kappa shape index (κ2) is 13.8. The van der Waals surface area contributed by atoms with Crippen LogP contribution < -0.4 is 15.8 Å². The van der Waals surface area contributed by atoms with E-state index in [4.69, 9.17) is 15.2 Å². The number of phenolic OH excluding ortho intramolecular Hbond substituents is 1. The van der Waals surface area contributed by atoms with Crippen molar-refractivity contribution in [1.82, 2.24) is 9.88 Å². The number of hydrogen-bond donors (Lipinski definition) is 4. The zero-order chi connectivity index (χ0) is 32.3. The van der Waals surface area contributed by atoms with Gasteiger partial charge in [-0.05, 0) is 59.7 Å². The largest absolute Gasteiger partial charge is 0.504 e. The normalized spacial score (nSPS) is 22.5. The van der Waals surface area contributed by atoms with Crippen LogP contribution in [0.3, 0.4) is 0 Å². The van der Waals surface area contributed by atoms with Gasteiger partial charge in [0.2, 0.25) is 0 Å². The van der Waals surface area contributed by atoms with Crippen molar-refractivity contribution in [3.63, 3.8) is 0 Å². The SMILES string of the molecule is CCCCCC1CC(O)C2C=Cc3c(ccc(O)c3OCc3cc(Cc4ccccc4)cc4cn(cc34)C3=C(C=CC(N)N3)CO1)C2. The molecule has 0 fully saturated rings. The number of rotatable bonds is 6. The van der Waals surface area contributed by atoms with Gasteiger partial charge in [-0.1, -0.05) is 86.9 Å². The number of aromatic hydroxyl groups is 1. The number of nitrogens with zero attached hydrogens (tertiary/aromatic N) is 1. The van der Waals surface area contributed by atoms with E-state index in [1.54, 1.807) is 6.07 Å². The van der Waals surface area contributed by atoms with Gasteiger partial charge in [0.05, 0.1) is 25.0 Å². The molecule has 4 heterocycles. The maximum Gasteiger partial charge on any atom is 0.168 e. The summed E-state index contributed by atoms with van der Waals surface area (Å²) >= 11 is 0. The van der Waals surface area contributed by atoms with Crippen LogP contribution >= 0.6 is 0 Å². The van der Waals surface area contributed by atoms with Gasteiger partial charge in [-0.3, -0.25) is 0 Å². The number of benzene rings is 3. The highest BCUT2D eigenvalue weighted by molar-refractivity contribution is 5.88. The van der Waals surface area contributed by atoms with E-state index >= 15 is 0 Å². The molecule has 1 aliphatic carbocycles. The van der Waals surface area contributed by atoms with E-state index in [2.05, 4.69) is 77.8 Å². The molecule has 1 aromatic heterocycles. The van der Waals surface area contributed by atoms with Gasteiger partial charge in [-0.25, -0.2) is 0 Å². The number of ether oxygens (including phenoxy) is 2. The second-order valence-corrected chi connectivity index (χ2v) is 13.2. The van der Waals surface area contributed by atoms with Crippen LogP contribution in [0.2, 0.25) is 0 Å². The van der Waals surface area contributed by atoms with Crippen LogP contribution in [0, 0.1) is 5.92 Å². The second-order valence-electron chi connectivity index (χ2n) is 13.2. The summed E-state index contributed by atoms with van der Waals surface area (Å²) in [6.45, 7) is 2.90. The van der Waals surface area contributed by atoms with Gasteiger partial charge in [-0.15, -0.1) is 0 Å². The molecule has 3 aliphatic heterocycles. The van der Waals surface area contributed by atoms with Crippen LogP contribution in [-0.2, 0) is 24.2 Å². The Kier molecular flexibility index (Phi) is 9.21. The Bertz CT molecular complexity index is 1820. The maximum atomic E-state index is 11.5. The van der Waals surface area contributed by atoms with E-state index in [1.807, 2.05) is 24.3 Å².